The molecule has 0 fully saturated rings. The van der Waals surface area contributed by atoms with Gasteiger partial charge in [0.15, 0.2) is 0 Å². The van der Waals surface area contributed by atoms with Crippen molar-refractivity contribution < 1.29 is 19.0 Å². The molecule has 0 saturated heterocycles. The van der Waals surface area contributed by atoms with Crippen LogP contribution in [0.3, 0.4) is 0 Å². The molecule has 1 rings (SSSR count). The Morgan fingerprint density at radius 2 is 2.10 bits per heavy atom. The highest BCUT2D eigenvalue weighted by Gasteiger charge is 2.12. The van der Waals surface area contributed by atoms with Crippen molar-refractivity contribution in [2.75, 3.05) is 51.1 Å². The molecule has 0 aromatic heterocycles. The van der Waals surface area contributed by atoms with Gasteiger partial charge in [0.1, 0.15) is 0 Å². The van der Waals surface area contributed by atoms with Crippen molar-refractivity contribution in [2.45, 2.75) is 13.3 Å². The minimum atomic E-state index is -0.401. The molecule has 0 aliphatic heterocycles. The highest BCUT2D eigenvalue weighted by molar-refractivity contribution is 5.98. The Morgan fingerprint density at radius 3 is 2.81 bits per heavy atom. The van der Waals surface area contributed by atoms with Crippen molar-refractivity contribution in [3.63, 3.8) is 0 Å². The second-order valence-corrected chi connectivity index (χ2v) is 4.37. The Labute approximate surface area is 125 Å². The molecule has 0 heterocycles. The van der Waals surface area contributed by atoms with Gasteiger partial charge < -0.3 is 25.3 Å². The normalized spacial score (nSPS) is 10.4. The molecule has 6 nitrogen and oxygen atoms in total. The molecule has 0 aliphatic carbocycles. The number of esters is 1. The van der Waals surface area contributed by atoms with Crippen molar-refractivity contribution in [2.24, 2.45) is 0 Å². The van der Waals surface area contributed by atoms with Gasteiger partial charge in [-0.25, -0.2) is 4.79 Å². The molecule has 0 aliphatic rings. The SMILES string of the molecule is CCOC(=O)c1cccc(NCCCOCCOC)c1N. The lowest BCUT2D eigenvalue weighted by Gasteiger charge is -2.12. The van der Waals surface area contributed by atoms with Crippen LogP contribution in [-0.4, -0.2) is 46.1 Å². The summed E-state index contributed by atoms with van der Waals surface area (Å²) >= 11 is 0. The molecule has 21 heavy (non-hydrogen) atoms. The lowest BCUT2D eigenvalue weighted by molar-refractivity contribution is 0.0527. The summed E-state index contributed by atoms with van der Waals surface area (Å²) in [5, 5.41) is 3.20. The van der Waals surface area contributed by atoms with Crippen molar-refractivity contribution in [1.29, 1.82) is 0 Å². The molecular formula is C15H24N2O4. The number of hydrogen-bond donors (Lipinski definition) is 2. The van der Waals surface area contributed by atoms with Crippen LogP contribution in [0, 0.1) is 0 Å². The zero-order chi connectivity index (χ0) is 15.5. The fourth-order valence-electron chi connectivity index (χ4n) is 1.75. The topological polar surface area (TPSA) is 82.8 Å². The fourth-order valence-corrected chi connectivity index (χ4v) is 1.75. The maximum Gasteiger partial charge on any atom is 0.340 e. The van der Waals surface area contributed by atoms with E-state index in [0.717, 1.165) is 12.1 Å². The number of nitrogens with one attached hydrogen (secondary N) is 1. The molecule has 3 N–H and O–H groups in total. The van der Waals surface area contributed by atoms with E-state index in [1.165, 1.54) is 0 Å². The third kappa shape index (κ3) is 6.01. The number of nitrogens with two attached hydrogens (primary N) is 1. The van der Waals surface area contributed by atoms with Crippen LogP contribution < -0.4 is 11.1 Å². The first-order valence-electron chi connectivity index (χ1n) is 7.06. The summed E-state index contributed by atoms with van der Waals surface area (Å²) in [7, 11) is 1.64. The number of anilines is 2. The molecule has 0 unspecified atom stereocenters. The van der Waals surface area contributed by atoms with E-state index in [1.54, 1.807) is 26.2 Å². The molecule has 0 radical (unpaired) electrons. The Kier molecular flexibility index (Phi) is 8.23. The summed E-state index contributed by atoms with van der Waals surface area (Å²) in [6.07, 6.45) is 0.840. The van der Waals surface area contributed by atoms with E-state index >= 15 is 0 Å². The molecule has 1 aromatic carbocycles. The second-order valence-electron chi connectivity index (χ2n) is 4.37. The van der Waals surface area contributed by atoms with E-state index in [9.17, 15) is 4.79 Å². The molecule has 0 amide bonds. The minimum Gasteiger partial charge on any atom is -0.462 e. The predicted octanol–water partition coefficient (Wildman–Crippen LogP) is 1.91. The largest absolute Gasteiger partial charge is 0.462 e. The number of carbonyl (C=O) groups is 1. The average molecular weight is 296 g/mol. The van der Waals surface area contributed by atoms with Crippen LogP contribution in [0.15, 0.2) is 18.2 Å². The first kappa shape index (κ1) is 17.3. The van der Waals surface area contributed by atoms with Crippen molar-refractivity contribution >= 4 is 17.3 Å². The first-order chi connectivity index (χ1) is 10.2. The third-order valence-electron chi connectivity index (χ3n) is 2.81. The predicted molar refractivity (Wildman–Crippen MR) is 82.6 cm³/mol. The zero-order valence-corrected chi connectivity index (χ0v) is 12.7. The molecule has 1 aromatic rings. The molecule has 0 saturated carbocycles. The molecule has 0 bridgehead atoms. The van der Waals surface area contributed by atoms with Crippen molar-refractivity contribution in [3.05, 3.63) is 23.8 Å². The maximum absolute atomic E-state index is 11.7. The highest BCUT2D eigenvalue weighted by atomic mass is 16.5. The Hall–Kier alpha value is -1.79. The van der Waals surface area contributed by atoms with Gasteiger partial charge in [-0.2, -0.15) is 0 Å². The Bertz CT molecular complexity index is 438. The number of ether oxygens (including phenoxy) is 3. The summed E-state index contributed by atoms with van der Waals surface area (Å²) in [5.74, 6) is -0.401. The lowest BCUT2D eigenvalue weighted by Crippen LogP contribution is -2.12. The summed E-state index contributed by atoms with van der Waals surface area (Å²) in [6, 6.07) is 5.27. The van der Waals surface area contributed by atoms with Gasteiger partial charge in [-0.15, -0.1) is 0 Å². The van der Waals surface area contributed by atoms with Crippen LogP contribution in [0.1, 0.15) is 23.7 Å². The van der Waals surface area contributed by atoms with Crippen LogP contribution in [0.5, 0.6) is 0 Å². The smallest absolute Gasteiger partial charge is 0.340 e. The lowest BCUT2D eigenvalue weighted by atomic mass is 10.1. The molecule has 118 valence electrons. The van der Waals surface area contributed by atoms with Gasteiger partial charge in [-0.3, -0.25) is 0 Å². The van der Waals surface area contributed by atoms with Gasteiger partial charge in [0.2, 0.25) is 0 Å². The summed E-state index contributed by atoms with van der Waals surface area (Å²) < 4.78 is 15.2. The average Bonchev–Trinajstić information content (AvgIpc) is 2.48. The van der Waals surface area contributed by atoms with Crippen LogP contribution in [0.4, 0.5) is 11.4 Å². The van der Waals surface area contributed by atoms with E-state index in [2.05, 4.69) is 5.32 Å². The van der Waals surface area contributed by atoms with E-state index in [4.69, 9.17) is 19.9 Å². The van der Waals surface area contributed by atoms with E-state index < -0.39 is 5.97 Å². The summed E-state index contributed by atoms with van der Waals surface area (Å²) in [6.45, 7) is 4.64. The number of hydrogen-bond acceptors (Lipinski definition) is 6. The second kappa shape index (κ2) is 10.0. The third-order valence-corrected chi connectivity index (χ3v) is 2.81. The number of nitrogen functional groups attached to an aromatic ring is 1. The van der Waals surface area contributed by atoms with Crippen molar-refractivity contribution in [1.82, 2.24) is 0 Å². The van der Waals surface area contributed by atoms with Crippen molar-refractivity contribution in [3.8, 4) is 0 Å². The summed E-state index contributed by atoms with van der Waals surface area (Å²) in [5.41, 5.74) is 7.52. The van der Waals surface area contributed by atoms with Gasteiger partial charge in [0, 0.05) is 20.3 Å². The van der Waals surface area contributed by atoms with Gasteiger partial charge in [0.25, 0.3) is 0 Å². The van der Waals surface area contributed by atoms with Gasteiger partial charge in [-0.05, 0) is 25.5 Å². The minimum absolute atomic E-state index is 0.328. The first-order valence-corrected chi connectivity index (χ1v) is 7.06. The van der Waals surface area contributed by atoms with Crippen LogP contribution in [-0.2, 0) is 14.2 Å². The summed E-state index contributed by atoms with van der Waals surface area (Å²) in [4.78, 5) is 11.7. The van der Waals surface area contributed by atoms with E-state index in [1.807, 2.05) is 6.07 Å². The maximum atomic E-state index is 11.7. The van der Waals surface area contributed by atoms with Crippen LogP contribution in [0.25, 0.3) is 0 Å². The van der Waals surface area contributed by atoms with Crippen LogP contribution in [0.2, 0.25) is 0 Å². The van der Waals surface area contributed by atoms with Gasteiger partial charge in [-0.1, -0.05) is 6.07 Å². The molecule has 6 heteroatoms. The Balaban J connectivity index is 2.41. The number of methoxy groups -OCH3 is 1. The fraction of sp³-hybridized carbons (Fsp3) is 0.533. The quantitative estimate of drug-likeness (QED) is 0.390. The zero-order valence-electron chi connectivity index (χ0n) is 12.7. The Morgan fingerprint density at radius 1 is 1.29 bits per heavy atom. The van der Waals surface area contributed by atoms with E-state index in [0.29, 0.717) is 44.2 Å². The monoisotopic (exact) mass is 296 g/mol. The van der Waals surface area contributed by atoms with E-state index in [-0.39, 0.29) is 0 Å². The van der Waals surface area contributed by atoms with Crippen LogP contribution >= 0.6 is 0 Å². The van der Waals surface area contributed by atoms with Gasteiger partial charge in [0.05, 0.1) is 36.8 Å². The van der Waals surface area contributed by atoms with Gasteiger partial charge >= 0.3 is 5.97 Å². The number of benzene rings is 1. The number of carbonyl (C=O) groups excluding carboxylic acids is 1. The number of para-hydroxylation sites is 1. The molecular weight excluding hydrogens is 272 g/mol. The standard InChI is InChI=1S/C15H24N2O4/c1-3-21-15(18)12-6-4-7-13(14(12)16)17-8-5-9-20-11-10-19-2/h4,6-7,17H,3,5,8-11,16H2,1-2H3. The number of rotatable bonds is 10. The highest BCUT2D eigenvalue weighted by Crippen LogP contribution is 2.23. The molecule has 0 spiro atoms. The molecule has 0 atom stereocenters.